The second-order valence-corrected chi connectivity index (χ2v) is 8.64. The van der Waals surface area contributed by atoms with Crippen LogP contribution >= 0.6 is 0 Å². The zero-order chi connectivity index (χ0) is 24.2. The summed E-state index contributed by atoms with van der Waals surface area (Å²) in [6, 6.07) is 14.5. The van der Waals surface area contributed by atoms with Gasteiger partial charge in [-0.25, -0.2) is 4.79 Å². The van der Waals surface area contributed by atoms with Crippen LogP contribution in [0.3, 0.4) is 0 Å². The zero-order valence-corrected chi connectivity index (χ0v) is 20.2. The molecule has 8 nitrogen and oxygen atoms in total. The van der Waals surface area contributed by atoms with Gasteiger partial charge in [0.1, 0.15) is 11.5 Å². The Bertz CT molecular complexity index is 1180. The van der Waals surface area contributed by atoms with Crippen molar-refractivity contribution >= 4 is 11.6 Å². The fraction of sp³-hybridized carbons (Fsp3) is 0.346. The lowest BCUT2D eigenvalue weighted by Gasteiger charge is -2.35. The first kappa shape index (κ1) is 23.4. The van der Waals surface area contributed by atoms with Crippen LogP contribution in [0, 0.1) is 5.92 Å². The average molecular weight is 463 g/mol. The Kier molecular flexibility index (Phi) is 6.86. The van der Waals surface area contributed by atoms with Gasteiger partial charge in [0, 0.05) is 17.8 Å². The molecule has 2 heterocycles. The second-order valence-electron chi connectivity index (χ2n) is 8.64. The van der Waals surface area contributed by atoms with Crippen molar-refractivity contribution in [2.24, 2.45) is 5.92 Å². The summed E-state index contributed by atoms with van der Waals surface area (Å²) in [5.41, 5.74) is 3.24. The topological polar surface area (TPSA) is 89.7 Å². The molecule has 0 saturated carbocycles. The van der Waals surface area contributed by atoms with E-state index in [2.05, 4.69) is 24.3 Å². The number of aromatic nitrogens is 2. The Morgan fingerprint density at radius 3 is 2.50 bits per heavy atom. The number of amides is 2. The summed E-state index contributed by atoms with van der Waals surface area (Å²) in [6.07, 6.45) is 0.878. The summed E-state index contributed by atoms with van der Waals surface area (Å²) in [7, 11) is 3.24. The Morgan fingerprint density at radius 1 is 1.09 bits per heavy atom. The molecule has 178 valence electrons. The lowest BCUT2D eigenvalue weighted by molar-refractivity contribution is 0.202. The molecule has 0 bridgehead atoms. The number of allylic oxidation sites excluding steroid dienone is 1. The van der Waals surface area contributed by atoms with Crippen LogP contribution in [0.15, 0.2) is 58.8 Å². The van der Waals surface area contributed by atoms with Crippen molar-refractivity contribution < 1.29 is 18.8 Å². The summed E-state index contributed by atoms with van der Waals surface area (Å²) in [4.78, 5) is 19.5. The van der Waals surface area contributed by atoms with Crippen molar-refractivity contribution in [3.8, 4) is 22.9 Å². The molecule has 0 aliphatic carbocycles. The summed E-state index contributed by atoms with van der Waals surface area (Å²) in [5.74, 6) is 2.75. The number of hydrogen-bond donors (Lipinski definition) is 1. The third-order valence-electron chi connectivity index (χ3n) is 5.96. The number of hydrogen-bond acceptors (Lipinski definition) is 6. The number of methoxy groups -OCH3 is 2. The van der Waals surface area contributed by atoms with Gasteiger partial charge >= 0.3 is 6.03 Å². The molecule has 4 rings (SSSR count). The average Bonchev–Trinajstić information content (AvgIpc) is 3.33. The van der Waals surface area contributed by atoms with Gasteiger partial charge in [0.2, 0.25) is 5.82 Å². The van der Waals surface area contributed by atoms with Crippen LogP contribution in [0.25, 0.3) is 17.0 Å². The predicted octanol–water partition coefficient (Wildman–Crippen LogP) is 5.30. The number of nitrogens with zero attached hydrogens (tertiary/aromatic N) is 3. The SMILES string of the molecule is COc1ccc(-c2noc(C3=C(C)N(CCC(C)C)C(=O)NC3c3cccc(OC)c3)n2)cc1. The Morgan fingerprint density at radius 2 is 1.82 bits per heavy atom. The third-order valence-corrected chi connectivity index (χ3v) is 5.96. The fourth-order valence-electron chi connectivity index (χ4n) is 3.98. The molecule has 0 saturated heterocycles. The number of ether oxygens (including phenoxy) is 2. The summed E-state index contributed by atoms with van der Waals surface area (Å²) >= 11 is 0. The normalized spacial score (nSPS) is 16.1. The minimum absolute atomic E-state index is 0.149. The minimum atomic E-state index is -0.456. The highest BCUT2D eigenvalue weighted by molar-refractivity contribution is 5.87. The smallest absolute Gasteiger partial charge is 0.322 e. The van der Waals surface area contributed by atoms with Crippen LogP contribution in [0.5, 0.6) is 11.5 Å². The van der Waals surface area contributed by atoms with Gasteiger partial charge in [-0.15, -0.1) is 0 Å². The van der Waals surface area contributed by atoms with E-state index in [1.54, 1.807) is 19.1 Å². The van der Waals surface area contributed by atoms with E-state index >= 15 is 0 Å². The van der Waals surface area contributed by atoms with Crippen molar-refractivity contribution in [3.63, 3.8) is 0 Å². The first-order valence-electron chi connectivity index (χ1n) is 11.3. The number of carbonyl (C=O) groups excluding carboxylic acids is 1. The molecule has 2 amide bonds. The van der Waals surface area contributed by atoms with E-state index in [0.717, 1.165) is 34.6 Å². The highest BCUT2D eigenvalue weighted by Gasteiger charge is 2.35. The molecule has 1 atom stereocenters. The van der Waals surface area contributed by atoms with Gasteiger partial charge < -0.3 is 19.3 Å². The van der Waals surface area contributed by atoms with Gasteiger partial charge in [-0.1, -0.05) is 31.1 Å². The number of benzene rings is 2. The molecule has 0 radical (unpaired) electrons. The van der Waals surface area contributed by atoms with Crippen molar-refractivity contribution in [1.29, 1.82) is 0 Å². The number of carbonyl (C=O) groups is 1. The second kappa shape index (κ2) is 9.99. The molecule has 0 spiro atoms. The molecule has 3 aromatic rings. The molecule has 1 unspecified atom stereocenters. The maximum atomic E-state index is 13.1. The Hall–Kier alpha value is -3.81. The Labute approximate surface area is 199 Å². The molecule has 1 aliphatic rings. The van der Waals surface area contributed by atoms with Crippen LogP contribution in [0.1, 0.15) is 44.7 Å². The summed E-state index contributed by atoms with van der Waals surface area (Å²) in [6.45, 7) is 6.81. The van der Waals surface area contributed by atoms with E-state index < -0.39 is 6.04 Å². The number of rotatable bonds is 8. The number of nitrogens with one attached hydrogen (secondary N) is 1. The van der Waals surface area contributed by atoms with E-state index in [4.69, 9.17) is 19.0 Å². The van der Waals surface area contributed by atoms with Crippen LogP contribution in [0.2, 0.25) is 0 Å². The van der Waals surface area contributed by atoms with Gasteiger partial charge in [0.15, 0.2) is 0 Å². The molecule has 1 aromatic heterocycles. The van der Waals surface area contributed by atoms with Crippen LogP contribution in [-0.2, 0) is 0 Å². The first-order chi connectivity index (χ1) is 16.4. The van der Waals surface area contributed by atoms with E-state index in [0.29, 0.717) is 29.9 Å². The molecule has 34 heavy (non-hydrogen) atoms. The van der Waals surface area contributed by atoms with Crippen molar-refractivity contribution in [1.82, 2.24) is 20.4 Å². The van der Waals surface area contributed by atoms with Crippen LogP contribution in [-0.4, -0.2) is 41.8 Å². The van der Waals surface area contributed by atoms with Crippen molar-refractivity contribution in [2.75, 3.05) is 20.8 Å². The van der Waals surface area contributed by atoms with E-state index in [9.17, 15) is 4.79 Å². The van der Waals surface area contributed by atoms with Crippen molar-refractivity contribution in [2.45, 2.75) is 33.2 Å². The molecule has 2 aromatic carbocycles. The first-order valence-corrected chi connectivity index (χ1v) is 11.3. The predicted molar refractivity (Wildman–Crippen MR) is 129 cm³/mol. The third kappa shape index (κ3) is 4.76. The maximum absolute atomic E-state index is 13.1. The van der Waals surface area contributed by atoms with Gasteiger partial charge in [-0.2, -0.15) is 4.98 Å². The van der Waals surface area contributed by atoms with E-state index in [-0.39, 0.29) is 6.03 Å². The monoisotopic (exact) mass is 462 g/mol. The Balaban J connectivity index is 1.77. The van der Waals surface area contributed by atoms with E-state index in [1.165, 1.54) is 0 Å². The van der Waals surface area contributed by atoms with Crippen LogP contribution in [0.4, 0.5) is 4.79 Å². The molecule has 1 N–H and O–H groups in total. The van der Waals surface area contributed by atoms with Crippen molar-refractivity contribution in [3.05, 3.63) is 65.7 Å². The molecule has 1 aliphatic heterocycles. The van der Waals surface area contributed by atoms with Gasteiger partial charge in [0.05, 0.1) is 25.8 Å². The lowest BCUT2D eigenvalue weighted by atomic mass is 9.94. The lowest BCUT2D eigenvalue weighted by Crippen LogP contribution is -2.46. The maximum Gasteiger partial charge on any atom is 0.322 e. The quantitative estimate of drug-likeness (QED) is 0.489. The molecular formula is C26H30N4O4. The van der Waals surface area contributed by atoms with Gasteiger partial charge in [-0.3, -0.25) is 4.90 Å². The molecule has 8 heteroatoms. The number of urea groups is 1. The highest BCUT2D eigenvalue weighted by Crippen LogP contribution is 2.38. The molecular weight excluding hydrogens is 432 g/mol. The van der Waals surface area contributed by atoms with E-state index in [1.807, 2.05) is 55.5 Å². The minimum Gasteiger partial charge on any atom is -0.497 e. The van der Waals surface area contributed by atoms with Crippen LogP contribution < -0.4 is 14.8 Å². The van der Waals surface area contributed by atoms with Gasteiger partial charge in [0.25, 0.3) is 5.89 Å². The largest absolute Gasteiger partial charge is 0.497 e. The summed E-state index contributed by atoms with van der Waals surface area (Å²) in [5, 5.41) is 7.34. The summed E-state index contributed by atoms with van der Waals surface area (Å²) < 4.78 is 16.4. The molecule has 0 fully saturated rings. The highest BCUT2D eigenvalue weighted by atomic mass is 16.5. The zero-order valence-electron chi connectivity index (χ0n) is 20.2. The fourth-order valence-corrected chi connectivity index (χ4v) is 3.98. The standard InChI is InChI=1S/C26H30N4O4/c1-16(2)13-14-30-17(3)22(23(27-26(30)31)19-7-6-8-21(15-19)33-5)25-28-24(29-34-25)18-9-11-20(32-4)12-10-18/h6-12,15-16,23H,13-14H2,1-5H3,(H,27,31). The van der Waals surface area contributed by atoms with Gasteiger partial charge in [-0.05, 0) is 61.2 Å².